The quantitative estimate of drug-likeness (QED) is 0.0222. The molecule has 0 saturated carbocycles. The highest BCUT2D eigenvalue weighted by Gasteiger charge is 2.30. The first-order chi connectivity index (χ1) is 41.6. The molecule has 0 aromatic rings. The maximum atomic E-state index is 13.0. The van der Waals surface area contributed by atoms with Gasteiger partial charge in [-0.05, 0) is 49.4 Å². The Morgan fingerprint density at radius 2 is 0.552 bits per heavy atom. The Bertz CT molecular complexity index is 1730. The molecule has 0 bridgehead atoms. The predicted molar refractivity (Wildman–Crippen MR) is 349 cm³/mol. The van der Waals surface area contributed by atoms with Crippen LogP contribution in [0.1, 0.15) is 331 Å². The van der Waals surface area contributed by atoms with Gasteiger partial charge in [-0.1, -0.05) is 280 Å². The number of phosphoric acid groups is 2. The molecular formula is C68H132O17P2. The summed E-state index contributed by atoms with van der Waals surface area (Å²) in [6.45, 7) is 14.0. The lowest BCUT2D eigenvalue weighted by molar-refractivity contribution is -0.161. The van der Waals surface area contributed by atoms with Crippen LogP contribution in [0.2, 0.25) is 0 Å². The molecule has 6 atom stereocenters. The van der Waals surface area contributed by atoms with Gasteiger partial charge in [0, 0.05) is 25.7 Å². The second-order valence-corrected chi connectivity index (χ2v) is 29.1. The zero-order valence-corrected chi connectivity index (χ0v) is 58.4. The number of unbranched alkanes of at least 4 members (excludes halogenated alkanes) is 30. The third kappa shape index (κ3) is 61.3. The van der Waals surface area contributed by atoms with E-state index in [1.165, 1.54) is 128 Å². The van der Waals surface area contributed by atoms with E-state index in [4.69, 9.17) is 37.0 Å². The van der Waals surface area contributed by atoms with Crippen LogP contribution in [-0.2, 0) is 65.4 Å². The molecule has 0 saturated heterocycles. The van der Waals surface area contributed by atoms with Gasteiger partial charge in [-0.2, -0.15) is 0 Å². The first kappa shape index (κ1) is 85.1. The van der Waals surface area contributed by atoms with Gasteiger partial charge in [0.25, 0.3) is 0 Å². The van der Waals surface area contributed by atoms with E-state index in [1.54, 1.807) is 0 Å². The molecule has 0 amide bonds. The van der Waals surface area contributed by atoms with Gasteiger partial charge in [0.05, 0.1) is 26.4 Å². The Balaban J connectivity index is 5.25. The molecule has 4 unspecified atom stereocenters. The topological polar surface area (TPSA) is 237 Å². The highest BCUT2D eigenvalue weighted by Crippen LogP contribution is 2.45. The molecule has 19 heteroatoms. The average Bonchev–Trinajstić information content (AvgIpc) is 3.59. The van der Waals surface area contributed by atoms with Gasteiger partial charge in [-0.3, -0.25) is 37.3 Å². The first-order valence-electron chi connectivity index (χ1n) is 35.2. The van der Waals surface area contributed by atoms with E-state index in [0.29, 0.717) is 31.6 Å². The number of carbonyl (C=O) groups excluding carboxylic acids is 4. The molecule has 3 N–H and O–H groups in total. The van der Waals surface area contributed by atoms with Gasteiger partial charge < -0.3 is 33.8 Å². The lowest BCUT2D eigenvalue weighted by atomic mass is 10.00. The molecule has 17 nitrogen and oxygen atoms in total. The molecule has 0 fully saturated rings. The second-order valence-electron chi connectivity index (χ2n) is 26.2. The summed E-state index contributed by atoms with van der Waals surface area (Å²) in [5.74, 6) is 0.810. The zero-order chi connectivity index (χ0) is 64.7. The molecule has 0 heterocycles. The molecule has 0 aromatic heterocycles. The molecule has 0 spiro atoms. The van der Waals surface area contributed by atoms with Gasteiger partial charge in [0.1, 0.15) is 19.3 Å². The highest BCUT2D eigenvalue weighted by atomic mass is 31.2. The Kier molecular flexibility index (Phi) is 56.6. The first-order valence-corrected chi connectivity index (χ1v) is 38.2. The van der Waals surface area contributed by atoms with E-state index in [1.807, 2.05) is 0 Å². The SMILES string of the molecule is CCC(C)CCCCCCCCC(=O)O[C@H](COC(=O)CCCCCCCCCCCC(C)C)COP(=O)(O)OCC(O)COP(=O)(O)OC[C@@H](COC(=O)CCCCCCCCCC(C)C)OC(=O)CCCCCCCCCCCCCCC(C)C. The Morgan fingerprint density at radius 1 is 0.322 bits per heavy atom. The van der Waals surface area contributed by atoms with Crippen molar-refractivity contribution in [3.05, 3.63) is 0 Å². The molecule has 0 rings (SSSR count). The van der Waals surface area contributed by atoms with Crippen LogP contribution < -0.4 is 0 Å². The minimum absolute atomic E-state index is 0.102. The number of aliphatic hydroxyl groups excluding tert-OH is 1. The van der Waals surface area contributed by atoms with E-state index in [0.717, 1.165) is 114 Å². The van der Waals surface area contributed by atoms with E-state index in [-0.39, 0.29) is 25.7 Å². The lowest BCUT2D eigenvalue weighted by Gasteiger charge is -2.21. The lowest BCUT2D eigenvalue weighted by Crippen LogP contribution is -2.30. The summed E-state index contributed by atoms with van der Waals surface area (Å²) >= 11 is 0. The van der Waals surface area contributed by atoms with Crippen LogP contribution in [-0.4, -0.2) is 96.7 Å². The Morgan fingerprint density at radius 3 is 0.816 bits per heavy atom. The summed E-state index contributed by atoms with van der Waals surface area (Å²) in [6, 6.07) is 0. The highest BCUT2D eigenvalue weighted by molar-refractivity contribution is 7.47. The number of hydrogen-bond acceptors (Lipinski definition) is 15. The van der Waals surface area contributed by atoms with Crippen molar-refractivity contribution in [1.82, 2.24) is 0 Å². The summed E-state index contributed by atoms with van der Waals surface area (Å²) in [7, 11) is -9.90. The van der Waals surface area contributed by atoms with Crippen molar-refractivity contribution in [3.63, 3.8) is 0 Å². The molecule has 0 aliphatic heterocycles. The maximum Gasteiger partial charge on any atom is 0.472 e. The van der Waals surface area contributed by atoms with Gasteiger partial charge in [-0.15, -0.1) is 0 Å². The molecule has 0 aromatic carbocycles. The van der Waals surface area contributed by atoms with Crippen LogP contribution in [0.15, 0.2) is 0 Å². The predicted octanol–water partition coefficient (Wildman–Crippen LogP) is 18.9. The van der Waals surface area contributed by atoms with E-state index in [2.05, 4.69) is 55.4 Å². The summed E-state index contributed by atoms with van der Waals surface area (Å²) in [5, 5.41) is 10.6. The van der Waals surface area contributed by atoms with Crippen LogP contribution in [0.3, 0.4) is 0 Å². The minimum atomic E-state index is -4.95. The van der Waals surface area contributed by atoms with Crippen molar-refractivity contribution in [2.45, 2.75) is 350 Å². The van der Waals surface area contributed by atoms with Crippen LogP contribution in [0.4, 0.5) is 0 Å². The summed E-state index contributed by atoms with van der Waals surface area (Å²) < 4.78 is 68.2. The van der Waals surface area contributed by atoms with Crippen molar-refractivity contribution < 1.29 is 80.2 Å². The third-order valence-corrected chi connectivity index (χ3v) is 17.8. The van der Waals surface area contributed by atoms with Crippen molar-refractivity contribution >= 4 is 39.5 Å². The number of hydrogen-bond donors (Lipinski definition) is 3. The van der Waals surface area contributed by atoms with E-state index >= 15 is 0 Å². The van der Waals surface area contributed by atoms with E-state index in [9.17, 15) is 43.2 Å². The third-order valence-electron chi connectivity index (χ3n) is 15.9. The monoisotopic (exact) mass is 1280 g/mol. The fraction of sp³-hybridized carbons (Fsp3) is 0.941. The zero-order valence-electron chi connectivity index (χ0n) is 56.6. The number of ether oxygens (including phenoxy) is 4. The van der Waals surface area contributed by atoms with Crippen molar-refractivity contribution in [2.75, 3.05) is 39.6 Å². The van der Waals surface area contributed by atoms with Crippen LogP contribution >= 0.6 is 15.6 Å². The standard InChI is InChI=1S/C68H132O17P2/c1-9-61(8)47-39-31-26-27-35-43-51-68(73)85-64(55-78-65(70)48-40-32-23-18-14-16-21-29-37-45-59(4)5)57-83-87(76,77)81-53-62(69)52-80-86(74,75)82-56-63(54-79-66(71)49-41-33-25-19-22-30-38-46-60(6)7)84-67(72)50-42-34-24-17-13-11-10-12-15-20-28-36-44-58(2)3/h58-64,69H,9-57H2,1-8H3,(H,74,75)(H,76,77)/t61?,62?,63-,64-/m1/s1. The normalized spacial score (nSPS) is 14.6. The number of rotatable bonds is 65. The summed E-state index contributed by atoms with van der Waals surface area (Å²) in [4.78, 5) is 72.4. The smallest absolute Gasteiger partial charge is 0.462 e. The van der Waals surface area contributed by atoms with Crippen LogP contribution in [0.5, 0.6) is 0 Å². The van der Waals surface area contributed by atoms with Crippen LogP contribution in [0.25, 0.3) is 0 Å². The van der Waals surface area contributed by atoms with Crippen LogP contribution in [0, 0.1) is 23.7 Å². The Hall–Kier alpha value is -1.94. The molecule has 87 heavy (non-hydrogen) atoms. The molecule has 0 aliphatic carbocycles. The maximum absolute atomic E-state index is 13.0. The molecule has 516 valence electrons. The number of phosphoric ester groups is 2. The molecule has 0 aliphatic rings. The summed E-state index contributed by atoms with van der Waals surface area (Å²) in [6.07, 6.45) is 39.0. The second kappa shape index (κ2) is 57.9. The van der Waals surface area contributed by atoms with Gasteiger partial charge >= 0.3 is 39.5 Å². The molecular weight excluding hydrogens is 1150 g/mol. The molecule has 0 radical (unpaired) electrons. The van der Waals surface area contributed by atoms with Crippen molar-refractivity contribution in [3.8, 4) is 0 Å². The largest absolute Gasteiger partial charge is 0.472 e. The fourth-order valence-corrected chi connectivity index (χ4v) is 11.7. The van der Waals surface area contributed by atoms with Gasteiger partial charge in [-0.25, -0.2) is 9.13 Å². The fourth-order valence-electron chi connectivity index (χ4n) is 10.1. The van der Waals surface area contributed by atoms with Crippen molar-refractivity contribution in [1.29, 1.82) is 0 Å². The Labute approximate surface area is 530 Å². The van der Waals surface area contributed by atoms with Gasteiger partial charge in [0.2, 0.25) is 0 Å². The van der Waals surface area contributed by atoms with Gasteiger partial charge in [0.15, 0.2) is 12.2 Å². The average molecular weight is 1280 g/mol. The van der Waals surface area contributed by atoms with Crippen molar-refractivity contribution in [2.24, 2.45) is 23.7 Å². The number of aliphatic hydroxyl groups is 1. The van der Waals surface area contributed by atoms with E-state index < -0.39 is 97.5 Å². The number of esters is 4. The number of carbonyl (C=O) groups is 4. The summed E-state index contributed by atoms with van der Waals surface area (Å²) in [5.41, 5.74) is 0. The minimum Gasteiger partial charge on any atom is -0.462 e.